The van der Waals surface area contributed by atoms with Crippen LogP contribution in [0.3, 0.4) is 0 Å². The number of halogens is 1. The molecule has 164 valence electrons. The summed E-state index contributed by atoms with van der Waals surface area (Å²) in [4.78, 5) is 15.3. The number of nitrogens with zero attached hydrogens (tertiary/aromatic N) is 2. The number of fused-ring (bicyclic) bond motifs is 1. The van der Waals surface area contributed by atoms with E-state index in [0.29, 0.717) is 40.5 Å². The highest BCUT2D eigenvalue weighted by atomic mass is 19.1. The maximum Gasteiger partial charge on any atom is 0.316 e. The molecule has 1 aliphatic heterocycles. The summed E-state index contributed by atoms with van der Waals surface area (Å²) in [6.07, 6.45) is 3.64. The zero-order valence-corrected chi connectivity index (χ0v) is 17.2. The molecule has 2 amide bonds. The highest BCUT2D eigenvalue weighted by Gasteiger charge is 2.16. The minimum absolute atomic E-state index is 0.0493. The van der Waals surface area contributed by atoms with E-state index in [-0.39, 0.29) is 11.4 Å². The fourth-order valence-electron chi connectivity index (χ4n) is 3.62. The molecule has 8 nitrogen and oxygen atoms in total. The molecule has 3 aromatic rings. The lowest BCUT2D eigenvalue weighted by molar-refractivity contribution is 0.215. The van der Waals surface area contributed by atoms with Crippen molar-refractivity contribution in [2.24, 2.45) is 11.7 Å². The number of rotatable bonds is 6. The van der Waals surface area contributed by atoms with Crippen LogP contribution in [0.2, 0.25) is 0 Å². The standard InChI is InChI=1S/C23H22FN5O3/c24-18-10-16(1-2-19(18)29-23(26)30)32-21-5-8-28-20-11-22(15(12-25)9-17(20)21)31-13-14-3-6-27-7-4-14/h1-2,5,8-11,14,27H,3-4,6-7,13H2,(H3,26,29,30). The monoisotopic (exact) mass is 435 g/mol. The molecule has 0 saturated carbocycles. The number of hydrogen-bond donors (Lipinski definition) is 3. The molecular weight excluding hydrogens is 413 g/mol. The number of nitrogens with two attached hydrogens (primary N) is 1. The number of ether oxygens (including phenoxy) is 2. The van der Waals surface area contributed by atoms with Gasteiger partial charge in [-0.25, -0.2) is 9.18 Å². The summed E-state index contributed by atoms with van der Waals surface area (Å²) in [5.41, 5.74) is 5.94. The SMILES string of the molecule is N#Cc1cc2c(Oc3ccc(NC(N)=O)c(F)c3)ccnc2cc1OCC1CCNCC1. The number of anilines is 1. The summed E-state index contributed by atoms with van der Waals surface area (Å²) >= 11 is 0. The first kappa shape index (κ1) is 21.3. The van der Waals surface area contributed by atoms with Crippen LogP contribution < -0.4 is 25.8 Å². The van der Waals surface area contributed by atoms with E-state index in [1.807, 2.05) is 0 Å². The van der Waals surface area contributed by atoms with Crippen LogP contribution >= 0.6 is 0 Å². The molecule has 2 aromatic carbocycles. The van der Waals surface area contributed by atoms with E-state index >= 15 is 0 Å². The summed E-state index contributed by atoms with van der Waals surface area (Å²) in [6.45, 7) is 2.49. The van der Waals surface area contributed by atoms with Gasteiger partial charge < -0.3 is 25.8 Å². The van der Waals surface area contributed by atoms with Gasteiger partial charge in [-0.05, 0) is 56.1 Å². The van der Waals surface area contributed by atoms with E-state index in [1.54, 1.807) is 24.4 Å². The Bertz CT molecular complexity index is 1190. The minimum Gasteiger partial charge on any atom is -0.492 e. The van der Waals surface area contributed by atoms with Crippen molar-refractivity contribution in [2.45, 2.75) is 12.8 Å². The lowest BCUT2D eigenvalue weighted by atomic mass is 9.99. The van der Waals surface area contributed by atoms with Crippen molar-refractivity contribution in [1.29, 1.82) is 5.26 Å². The van der Waals surface area contributed by atoms with Gasteiger partial charge in [0.1, 0.15) is 29.1 Å². The second kappa shape index (κ2) is 9.49. The normalized spacial score (nSPS) is 14.0. The molecule has 0 unspecified atom stereocenters. The molecule has 4 N–H and O–H groups in total. The number of nitriles is 1. The van der Waals surface area contributed by atoms with Gasteiger partial charge in [0, 0.05) is 23.7 Å². The Hall–Kier alpha value is -3.90. The van der Waals surface area contributed by atoms with E-state index < -0.39 is 11.8 Å². The molecule has 0 spiro atoms. The molecule has 9 heteroatoms. The number of hydrogen-bond acceptors (Lipinski definition) is 6. The highest BCUT2D eigenvalue weighted by Crippen LogP contribution is 2.34. The first-order valence-electron chi connectivity index (χ1n) is 10.2. The third-order valence-corrected chi connectivity index (χ3v) is 5.28. The van der Waals surface area contributed by atoms with E-state index in [2.05, 4.69) is 21.7 Å². The lowest BCUT2D eigenvalue weighted by Gasteiger charge is -2.23. The molecule has 4 rings (SSSR count). The van der Waals surface area contributed by atoms with Crippen LogP contribution in [0.4, 0.5) is 14.9 Å². The van der Waals surface area contributed by atoms with Gasteiger partial charge in [0.25, 0.3) is 0 Å². The van der Waals surface area contributed by atoms with Crippen molar-refractivity contribution < 1.29 is 18.7 Å². The van der Waals surface area contributed by atoms with Gasteiger partial charge in [-0.2, -0.15) is 5.26 Å². The number of pyridine rings is 1. The third kappa shape index (κ3) is 4.87. The van der Waals surface area contributed by atoms with Crippen LogP contribution in [0.15, 0.2) is 42.6 Å². The van der Waals surface area contributed by atoms with Crippen LogP contribution in [0.1, 0.15) is 18.4 Å². The zero-order chi connectivity index (χ0) is 22.5. The Labute approximate surface area is 184 Å². The van der Waals surface area contributed by atoms with Crippen LogP contribution in [0.25, 0.3) is 10.9 Å². The maximum absolute atomic E-state index is 14.2. The molecule has 0 bridgehead atoms. The summed E-state index contributed by atoms with van der Waals surface area (Å²) in [5, 5.41) is 15.8. The molecule has 1 aliphatic rings. The van der Waals surface area contributed by atoms with Crippen LogP contribution in [0.5, 0.6) is 17.2 Å². The molecule has 0 atom stereocenters. The number of urea groups is 1. The number of aromatic nitrogens is 1. The van der Waals surface area contributed by atoms with Crippen LogP contribution in [-0.2, 0) is 0 Å². The summed E-state index contributed by atoms with van der Waals surface area (Å²) in [7, 11) is 0. The summed E-state index contributed by atoms with van der Waals surface area (Å²) < 4.78 is 26.0. The van der Waals surface area contributed by atoms with Crippen molar-refractivity contribution in [2.75, 3.05) is 25.0 Å². The smallest absolute Gasteiger partial charge is 0.316 e. The van der Waals surface area contributed by atoms with Crippen molar-refractivity contribution in [3.63, 3.8) is 0 Å². The number of amides is 2. The Balaban J connectivity index is 1.58. The molecule has 0 aliphatic carbocycles. The Kier molecular flexibility index (Phi) is 6.33. The highest BCUT2D eigenvalue weighted by molar-refractivity contribution is 5.89. The number of carbonyl (C=O) groups excluding carboxylic acids is 1. The molecular formula is C23H22FN5O3. The first-order chi connectivity index (χ1) is 15.5. The van der Waals surface area contributed by atoms with Crippen LogP contribution in [0, 0.1) is 23.1 Å². The van der Waals surface area contributed by atoms with E-state index in [9.17, 15) is 14.4 Å². The Morgan fingerprint density at radius 3 is 2.78 bits per heavy atom. The fraction of sp³-hybridized carbons (Fsp3) is 0.261. The summed E-state index contributed by atoms with van der Waals surface area (Å²) in [6, 6.07) is 10.3. The van der Waals surface area contributed by atoms with Gasteiger partial charge in [0.2, 0.25) is 0 Å². The second-order valence-electron chi connectivity index (χ2n) is 7.52. The van der Waals surface area contributed by atoms with E-state index in [4.69, 9.17) is 15.2 Å². The van der Waals surface area contributed by atoms with Crippen LogP contribution in [-0.4, -0.2) is 30.7 Å². The Morgan fingerprint density at radius 1 is 1.25 bits per heavy atom. The predicted octanol–water partition coefficient (Wildman–Crippen LogP) is 3.91. The number of nitrogens with one attached hydrogen (secondary N) is 2. The average Bonchev–Trinajstić information content (AvgIpc) is 2.79. The quantitative estimate of drug-likeness (QED) is 0.540. The van der Waals surface area contributed by atoms with Crippen molar-refractivity contribution >= 4 is 22.6 Å². The predicted molar refractivity (Wildman–Crippen MR) is 117 cm³/mol. The molecule has 1 saturated heterocycles. The first-order valence-corrected chi connectivity index (χ1v) is 10.2. The van der Waals surface area contributed by atoms with Crippen molar-refractivity contribution in [3.05, 3.63) is 54.0 Å². The largest absolute Gasteiger partial charge is 0.492 e. The molecule has 0 radical (unpaired) electrons. The zero-order valence-electron chi connectivity index (χ0n) is 17.2. The topological polar surface area (TPSA) is 122 Å². The number of carbonyl (C=O) groups is 1. The Morgan fingerprint density at radius 2 is 2.06 bits per heavy atom. The number of primary amides is 1. The molecule has 2 heterocycles. The average molecular weight is 435 g/mol. The van der Waals surface area contributed by atoms with E-state index in [0.717, 1.165) is 32.0 Å². The van der Waals surface area contributed by atoms with Gasteiger partial charge in [-0.3, -0.25) is 4.98 Å². The van der Waals surface area contributed by atoms with E-state index in [1.165, 1.54) is 12.1 Å². The molecule has 1 fully saturated rings. The number of benzene rings is 2. The van der Waals surface area contributed by atoms with Crippen molar-refractivity contribution in [1.82, 2.24) is 10.3 Å². The summed E-state index contributed by atoms with van der Waals surface area (Å²) in [5.74, 6) is 0.867. The van der Waals surface area contributed by atoms with Gasteiger partial charge in [0.15, 0.2) is 0 Å². The maximum atomic E-state index is 14.2. The third-order valence-electron chi connectivity index (χ3n) is 5.28. The molecule has 32 heavy (non-hydrogen) atoms. The number of piperidine rings is 1. The van der Waals surface area contributed by atoms with Gasteiger partial charge in [-0.1, -0.05) is 0 Å². The fourth-order valence-corrected chi connectivity index (χ4v) is 3.62. The van der Waals surface area contributed by atoms with Gasteiger partial charge in [-0.15, -0.1) is 0 Å². The minimum atomic E-state index is -0.861. The van der Waals surface area contributed by atoms with Gasteiger partial charge >= 0.3 is 6.03 Å². The molecule has 1 aromatic heterocycles. The second-order valence-corrected chi connectivity index (χ2v) is 7.52. The van der Waals surface area contributed by atoms with Crippen molar-refractivity contribution in [3.8, 4) is 23.3 Å². The van der Waals surface area contributed by atoms with Gasteiger partial charge in [0.05, 0.1) is 23.4 Å². The lowest BCUT2D eigenvalue weighted by Crippen LogP contribution is -2.30.